The van der Waals surface area contributed by atoms with Gasteiger partial charge in [0.1, 0.15) is 0 Å². The second-order valence-corrected chi connectivity index (χ2v) is 6.93. The number of aryl methyl sites for hydroxylation is 1. The first-order valence-electron chi connectivity index (χ1n) is 8.66. The minimum atomic E-state index is -0.0167. The van der Waals surface area contributed by atoms with Crippen LogP contribution >= 0.6 is 11.6 Å². The molecular weight excluding hydrogens is 354 g/mol. The van der Waals surface area contributed by atoms with Crippen molar-refractivity contribution in [2.75, 3.05) is 19.7 Å². The maximum Gasteiger partial charge on any atom is 0.246 e. The molecule has 1 fully saturated rings. The van der Waals surface area contributed by atoms with Crippen LogP contribution in [0.5, 0.6) is 0 Å². The van der Waals surface area contributed by atoms with E-state index in [1.165, 1.54) is 4.80 Å². The fourth-order valence-electron chi connectivity index (χ4n) is 3.02. The number of aromatic nitrogens is 4. The van der Waals surface area contributed by atoms with Gasteiger partial charge in [0, 0.05) is 30.8 Å². The maximum atomic E-state index is 12.4. The van der Waals surface area contributed by atoms with Crippen molar-refractivity contribution in [1.82, 2.24) is 25.1 Å². The molecule has 1 aliphatic heterocycles. The van der Waals surface area contributed by atoms with Crippen LogP contribution < -0.4 is 0 Å². The molecule has 0 unspecified atom stereocenters. The van der Waals surface area contributed by atoms with Crippen LogP contribution in [0, 0.1) is 12.8 Å². The number of aliphatic hydroxyl groups is 1. The number of rotatable bonds is 5. The summed E-state index contributed by atoms with van der Waals surface area (Å²) < 4.78 is 0. The van der Waals surface area contributed by atoms with E-state index in [2.05, 4.69) is 15.4 Å². The second-order valence-electron chi connectivity index (χ2n) is 6.49. The van der Waals surface area contributed by atoms with Gasteiger partial charge in [0.15, 0.2) is 5.82 Å². The van der Waals surface area contributed by atoms with Gasteiger partial charge in [-0.3, -0.25) is 4.79 Å². The normalized spacial score (nSPS) is 15.7. The molecule has 0 saturated carbocycles. The summed E-state index contributed by atoms with van der Waals surface area (Å²) in [5.41, 5.74) is 1.81. The molecule has 3 rings (SSSR count). The Hall–Kier alpha value is -2.25. The van der Waals surface area contributed by atoms with Crippen molar-refractivity contribution in [1.29, 1.82) is 0 Å². The largest absolute Gasteiger partial charge is 0.396 e. The topological polar surface area (TPSA) is 84.1 Å². The monoisotopic (exact) mass is 375 g/mol. The molecule has 1 aromatic carbocycles. The highest BCUT2D eigenvalue weighted by atomic mass is 35.5. The summed E-state index contributed by atoms with van der Waals surface area (Å²) in [4.78, 5) is 15.7. The van der Waals surface area contributed by atoms with Crippen LogP contribution in [0.1, 0.15) is 29.8 Å². The summed E-state index contributed by atoms with van der Waals surface area (Å²) in [5, 5.41) is 21.9. The first kappa shape index (κ1) is 18.5. The smallest absolute Gasteiger partial charge is 0.246 e. The van der Waals surface area contributed by atoms with Crippen molar-refractivity contribution in [2.24, 2.45) is 5.92 Å². The predicted octanol–water partition coefficient (Wildman–Crippen LogP) is 1.93. The molecule has 2 heterocycles. The number of halogens is 1. The zero-order chi connectivity index (χ0) is 18.5. The molecule has 0 radical (unpaired) electrons. The lowest BCUT2D eigenvalue weighted by Gasteiger charge is -2.30. The van der Waals surface area contributed by atoms with Gasteiger partial charge in [-0.05, 0) is 60.2 Å². The molecule has 2 aromatic rings. The Labute approximate surface area is 157 Å². The van der Waals surface area contributed by atoms with Gasteiger partial charge in [0.25, 0.3) is 0 Å². The number of carbonyl (C=O) groups excluding carboxylic acids is 1. The minimum Gasteiger partial charge on any atom is -0.396 e. The quantitative estimate of drug-likeness (QED) is 0.807. The molecule has 0 atom stereocenters. The number of benzene rings is 1. The van der Waals surface area contributed by atoms with Gasteiger partial charge in [0.2, 0.25) is 5.91 Å². The third-order valence-corrected chi connectivity index (χ3v) is 4.79. The van der Waals surface area contributed by atoms with E-state index in [0.29, 0.717) is 36.4 Å². The maximum absolute atomic E-state index is 12.4. The summed E-state index contributed by atoms with van der Waals surface area (Å²) in [7, 11) is 0. The standard InChI is InChI=1S/C18H22ClN5O2/c1-13-20-22-24(21-13)11-16-10-17(19)4-2-15(16)3-5-18(26)23-8-6-14(12-25)7-9-23/h2-5,10,14,25H,6-9,11-12H2,1H3/b5-3+. The highest BCUT2D eigenvalue weighted by Crippen LogP contribution is 2.20. The van der Waals surface area contributed by atoms with Crippen molar-refractivity contribution in [3.05, 3.63) is 46.2 Å². The second kappa shape index (κ2) is 8.42. The number of piperidine rings is 1. The molecule has 1 saturated heterocycles. The van der Waals surface area contributed by atoms with Gasteiger partial charge in [0.05, 0.1) is 6.54 Å². The highest BCUT2D eigenvalue weighted by molar-refractivity contribution is 6.30. The Balaban J connectivity index is 1.70. The number of hydrogen-bond donors (Lipinski definition) is 1. The zero-order valence-corrected chi connectivity index (χ0v) is 15.4. The van der Waals surface area contributed by atoms with Crippen LogP contribution in [0.2, 0.25) is 5.02 Å². The van der Waals surface area contributed by atoms with Crippen molar-refractivity contribution >= 4 is 23.6 Å². The SMILES string of the molecule is Cc1nnn(Cc2cc(Cl)ccc2/C=C/C(=O)N2CCC(CO)CC2)n1. The molecule has 1 amide bonds. The Kier molecular flexibility index (Phi) is 6.00. The van der Waals surface area contributed by atoms with Gasteiger partial charge < -0.3 is 10.0 Å². The Morgan fingerprint density at radius 3 is 2.81 bits per heavy atom. The number of tetrazole rings is 1. The molecule has 0 spiro atoms. The number of amides is 1. The van der Waals surface area contributed by atoms with Crippen LogP contribution in [-0.4, -0.2) is 55.8 Å². The van der Waals surface area contributed by atoms with E-state index < -0.39 is 0 Å². The van der Waals surface area contributed by atoms with E-state index in [9.17, 15) is 9.90 Å². The molecule has 1 N–H and O–H groups in total. The fraction of sp³-hybridized carbons (Fsp3) is 0.444. The van der Waals surface area contributed by atoms with E-state index in [4.69, 9.17) is 11.6 Å². The van der Waals surface area contributed by atoms with E-state index >= 15 is 0 Å². The van der Waals surface area contributed by atoms with Crippen molar-refractivity contribution < 1.29 is 9.90 Å². The van der Waals surface area contributed by atoms with Crippen molar-refractivity contribution in [3.8, 4) is 0 Å². The van der Waals surface area contributed by atoms with Gasteiger partial charge in [-0.2, -0.15) is 4.80 Å². The molecular formula is C18H22ClN5O2. The molecule has 138 valence electrons. The number of likely N-dealkylation sites (tertiary alicyclic amines) is 1. The minimum absolute atomic E-state index is 0.0167. The molecule has 0 bridgehead atoms. The molecule has 7 nitrogen and oxygen atoms in total. The average Bonchev–Trinajstić information content (AvgIpc) is 3.05. The lowest BCUT2D eigenvalue weighted by atomic mass is 9.98. The average molecular weight is 376 g/mol. The zero-order valence-electron chi connectivity index (χ0n) is 14.7. The summed E-state index contributed by atoms with van der Waals surface area (Å²) >= 11 is 6.11. The summed E-state index contributed by atoms with van der Waals surface area (Å²) in [6, 6.07) is 5.52. The highest BCUT2D eigenvalue weighted by Gasteiger charge is 2.20. The number of hydrogen-bond acceptors (Lipinski definition) is 5. The first-order chi connectivity index (χ1) is 12.5. The number of aliphatic hydroxyl groups excluding tert-OH is 1. The summed E-state index contributed by atoms with van der Waals surface area (Å²) in [6.07, 6.45) is 5.08. The van der Waals surface area contributed by atoms with Crippen LogP contribution in [0.15, 0.2) is 24.3 Å². The van der Waals surface area contributed by atoms with Gasteiger partial charge in [-0.1, -0.05) is 17.7 Å². The Morgan fingerprint density at radius 1 is 1.38 bits per heavy atom. The molecule has 0 aliphatic carbocycles. The van der Waals surface area contributed by atoms with Gasteiger partial charge in [-0.15, -0.1) is 10.2 Å². The molecule has 1 aromatic heterocycles. The van der Waals surface area contributed by atoms with E-state index in [0.717, 1.165) is 24.0 Å². The lowest BCUT2D eigenvalue weighted by molar-refractivity contribution is -0.127. The van der Waals surface area contributed by atoms with E-state index in [-0.39, 0.29) is 12.5 Å². The van der Waals surface area contributed by atoms with Crippen LogP contribution in [0.4, 0.5) is 0 Å². The number of nitrogens with zero attached hydrogens (tertiary/aromatic N) is 5. The Bertz CT molecular complexity index is 797. The number of carbonyl (C=O) groups is 1. The third kappa shape index (κ3) is 4.68. The van der Waals surface area contributed by atoms with Crippen LogP contribution in [0.3, 0.4) is 0 Å². The predicted molar refractivity (Wildman–Crippen MR) is 98.5 cm³/mol. The first-order valence-corrected chi connectivity index (χ1v) is 9.03. The molecule has 1 aliphatic rings. The van der Waals surface area contributed by atoms with E-state index in [1.54, 1.807) is 25.1 Å². The van der Waals surface area contributed by atoms with E-state index in [1.807, 2.05) is 17.0 Å². The van der Waals surface area contributed by atoms with Gasteiger partial charge in [-0.25, -0.2) is 0 Å². The summed E-state index contributed by atoms with van der Waals surface area (Å²) in [5.74, 6) is 0.895. The molecule has 8 heteroatoms. The third-order valence-electron chi connectivity index (χ3n) is 4.56. The van der Waals surface area contributed by atoms with Gasteiger partial charge >= 0.3 is 0 Å². The fourth-order valence-corrected chi connectivity index (χ4v) is 3.21. The molecule has 26 heavy (non-hydrogen) atoms. The van der Waals surface area contributed by atoms with Crippen molar-refractivity contribution in [2.45, 2.75) is 26.3 Å². The Morgan fingerprint density at radius 2 is 2.15 bits per heavy atom. The van der Waals surface area contributed by atoms with Crippen LogP contribution in [0.25, 0.3) is 6.08 Å². The van der Waals surface area contributed by atoms with Crippen LogP contribution in [-0.2, 0) is 11.3 Å². The van der Waals surface area contributed by atoms with Crippen molar-refractivity contribution in [3.63, 3.8) is 0 Å². The summed E-state index contributed by atoms with van der Waals surface area (Å²) in [6.45, 7) is 3.77. The lowest BCUT2D eigenvalue weighted by Crippen LogP contribution is -2.38.